The number of aromatic nitrogens is 2. The van der Waals surface area contributed by atoms with Crippen LogP contribution in [0.25, 0.3) is 10.9 Å². The number of rotatable bonds is 5. The van der Waals surface area contributed by atoms with Gasteiger partial charge in [0.05, 0.1) is 12.1 Å². The zero-order chi connectivity index (χ0) is 21.3. The Hall–Kier alpha value is -2.25. The first-order valence-electron chi connectivity index (χ1n) is 11.2. The van der Waals surface area contributed by atoms with Crippen LogP contribution in [-0.2, 0) is 14.3 Å². The standard InChI is InChI=1S/C24H29N3O3S/c1-24-15-16(7-10-21(24)29-11-12-30-24)13-22(28)25-23-19-14-18(8-9-20(19)26-27-23)31-17-5-3-2-4-6-17/h7-10,14,17H,2-6,11-13,15H2,1H3,(H2,25,26,27,28). The molecule has 0 bridgehead atoms. The highest BCUT2D eigenvalue weighted by atomic mass is 32.2. The molecule has 1 saturated heterocycles. The fraction of sp³-hybridized carbons (Fsp3) is 0.500. The lowest BCUT2D eigenvalue weighted by Gasteiger charge is -2.38. The van der Waals surface area contributed by atoms with E-state index in [9.17, 15) is 4.79 Å². The van der Waals surface area contributed by atoms with E-state index in [4.69, 9.17) is 9.47 Å². The number of nitrogens with zero attached hydrogens (tertiary/aromatic N) is 1. The Morgan fingerprint density at radius 2 is 2.13 bits per heavy atom. The third-order valence-corrected chi connectivity index (χ3v) is 7.68. The van der Waals surface area contributed by atoms with Gasteiger partial charge in [-0.2, -0.15) is 5.10 Å². The van der Waals surface area contributed by atoms with Gasteiger partial charge in [0.1, 0.15) is 18.0 Å². The minimum Gasteiger partial charge on any atom is -0.492 e. The number of benzene rings is 1. The summed E-state index contributed by atoms with van der Waals surface area (Å²) in [6.07, 6.45) is 11.5. The topological polar surface area (TPSA) is 76.2 Å². The van der Waals surface area contributed by atoms with Crippen molar-refractivity contribution in [2.45, 2.75) is 67.6 Å². The number of H-pyrrole nitrogens is 1. The van der Waals surface area contributed by atoms with Crippen molar-refractivity contribution in [3.63, 3.8) is 0 Å². The van der Waals surface area contributed by atoms with E-state index in [-0.39, 0.29) is 5.91 Å². The molecule has 2 aromatic rings. The number of carbonyl (C=O) groups excluding carboxylic acids is 1. The fourth-order valence-corrected chi connectivity index (χ4v) is 6.02. The lowest BCUT2D eigenvalue weighted by molar-refractivity contribution is -0.116. The molecule has 1 aromatic heterocycles. The van der Waals surface area contributed by atoms with Crippen LogP contribution in [-0.4, -0.2) is 40.2 Å². The minimum atomic E-state index is -0.465. The second-order valence-electron chi connectivity index (χ2n) is 8.84. The Bertz CT molecular complexity index is 1040. The first kappa shape index (κ1) is 20.6. The number of aromatic amines is 1. The fourth-order valence-electron chi connectivity index (χ4n) is 4.73. The van der Waals surface area contributed by atoms with Crippen molar-refractivity contribution in [1.29, 1.82) is 0 Å². The molecule has 31 heavy (non-hydrogen) atoms. The largest absolute Gasteiger partial charge is 0.492 e. The van der Waals surface area contributed by atoms with Crippen LogP contribution >= 0.6 is 11.8 Å². The first-order valence-corrected chi connectivity index (χ1v) is 12.1. The van der Waals surface area contributed by atoms with Gasteiger partial charge in [0.25, 0.3) is 0 Å². The Morgan fingerprint density at radius 1 is 1.26 bits per heavy atom. The van der Waals surface area contributed by atoms with Crippen molar-refractivity contribution in [2.75, 3.05) is 18.5 Å². The van der Waals surface area contributed by atoms with Gasteiger partial charge in [0, 0.05) is 28.4 Å². The van der Waals surface area contributed by atoms with Gasteiger partial charge in [-0.05, 0) is 44.0 Å². The minimum absolute atomic E-state index is 0.0674. The molecular formula is C24H29N3O3S. The number of ether oxygens (including phenoxy) is 2. The molecule has 164 valence electrons. The first-order chi connectivity index (χ1) is 15.1. The summed E-state index contributed by atoms with van der Waals surface area (Å²) in [6, 6.07) is 6.35. The predicted molar refractivity (Wildman–Crippen MR) is 123 cm³/mol. The Morgan fingerprint density at radius 3 is 3.00 bits per heavy atom. The summed E-state index contributed by atoms with van der Waals surface area (Å²) in [5.41, 5.74) is 1.50. The van der Waals surface area contributed by atoms with E-state index in [1.54, 1.807) is 0 Å². The third kappa shape index (κ3) is 4.53. The molecule has 1 amide bonds. The van der Waals surface area contributed by atoms with E-state index >= 15 is 0 Å². The summed E-state index contributed by atoms with van der Waals surface area (Å²) < 4.78 is 11.6. The molecule has 2 heterocycles. The summed E-state index contributed by atoms with van der Waals surface area (Å²) in [5, 5.41) is 12.1. The Balaban J connectivity index is 1.26. The molecule has 2 fully saturated rings. The molecule has 1 atom stereocenters. The van der Waals surface area contributed by atoms with Crippen LogP contribution < -0.4 is 5.32 Å². The summed E-state index contributed by atoms with van der Waals surface area (Å²) in [6.45, 7) is 3.18. The van der Waals surface area contributed by atoms with Crippen molar-refractivity contribution in [3.05, 3.63) is 41.7 Å². The number of anilines is 1. The normalized spacial score (nSPS) is 24.2. The highest BCUT2D eigenvalue weighted by Crippen LogP contribution is 2.38. The highest BCUT2D eigenvalue weighted by Gasteiger charge is 2.37. The van der Waals surface area contributed by atoms with Crippen LogP contribution in [0.2, 0.25) is 0 Å². The van der Waals surface area contributed by atoms with Gasteiger partial charge in [-0.25, -0.2) is 0 Å². The second kappa shape index (κ2) is 8.71. The lowest BCUT2D eigenvalue weighted by Crippen LogP contribution is -2.40. The lowest BCUT2D eigenvalue weighted by atomic mass is 9.87. The number of carbonyl (C=O) groups is 1. The maximum absolute atomic E-state index is 12.8. The van der Waals surface area contributed by atoms with Crippen molar-refractivity contribution in [1.82, 2.24) is 10.2 Å². The van der Waals surface area contributed by atoms with E-state index in [2.05, 4.69) is 33.7 Å². The predicted octanol–water partition coefficient (Wildman–Crippen LogP) is 5.34. The van der Waals surface area contributed by atoms with Crippen LogP contribution in [0.4, 0.5) is 5.82 Å². The Kier molecular flexibility index (Phi) is 5.80. The zero-order valence-corrected chi connectivity index (χ0v) is 18.7. The number of fused-ring (bicyclic) bond motifs is 2. The van der Waals surface area contributed by atoms with Gasteiger partial charge < -0.3 is 14.8 Å². The van der Waals surface area contributed by atoms with Crippen LogP contribution in [0.1, 0.15) is 51.9 Å². The van der Waals surface area contributed by atoms with Gasteiger partial charge in [0.2, 0.25) is 5.91 Å². The second-order valence-corrected chi connectivity index (χ2v) is 10.2. The molecule has 0 spiro atoms. The van der Waals surface area contributed by atoms with Crippen LogP contribution in [0, 0.1) is 0 Å². The molecule has 2 aliphatic carbocycles. The van der Waals surface area contributed by atoms with E-state index in [1.165, 1.54) is 37.0 Å². The zero-order valence-electron chi connectivity index (χ0n) is 17.9. The molecule has 1 unspecified atom stereocenters. The van der Waals surface area contributed by atoms with Crippen molar-refractivity contribution >= 4 is 34.4 Å². The van der Waals surface area contributed by atoms with Gasteiger partial charge in [0.15, 0.2) is 5.82 Å². The summed E-state index contributed by atoms with van der Waals surface area (Å²) >= 11 is 1.95. The Labute approximate surface area is 186 Å². The molecule has 7 heteroatoms. The molecule has 1 aromatic carbocycles. The molecular weight excluding hydrogens is 410 g/mol. The van der Waals surface area contributed by atoms with E-state index in [0.29, 0.717) is 37.1 Å². The number of hydrogen-bond donors (Lipinski definition) is 2. The summed E-state index contributed by atoms with van der Waals surface area (Å²) in [5.74, 6) is 1.38. The average Bonchev–Trinajstić information content (AvgIpc) is 3.15. The number of nitrogens with one attached hydrogen (secondary N) is 2. The van der Waals surface area contributed by atoms with Gasteiger partial charge in [-0.1, -0.05) is 30.9 Å². The van der Waals surface area contributed by atoms with Crippen LogP contribution in [0.5, 0.6) is 0 Å². The number of thioether (sulfide) groups is 1. The molecule has 2 N–H and O–H groups in total. The summed E-state index contributed by atoms with van der Waals surface area (Å²) in [7, 11) is 0. The molecule has 5 rings (SSSR count). The van der Waals surface area contributed by atoms with Crippen LogP contribution in [0.3, 0.4) is 0 Å². The molecule has 1 aliphatic heterocycles. The highest BCUT2D eigenvalue weighted by molar-refractivity contribution is 8.00. The molecule has 6 nitrogen and oxygen atoms in total. The average molecular weight is 440 g/mol. The molecule has 3 aliphatic rings. The van der Waals surface area contributed by atoms with Crippen molar-refractivity contribution in [3.8, 4) is 0 Å². The van der Waals surface area contributed by atoms with E-state index < -0.39 is 5.60 Å². The molecule has 1 saturated carbocycles. The SMILES string of the molecule is CC12CC(CC(=O)Nc3n[nH]c4ccc(SC5CCCCC5)cc34)=CC=C1OCCO2. The number of hydrogen-bond acceptors (Lipinski definition) is 5. The maximum Gasteiger partial charge on any atom is 0.229 e. The smallest absolute Gasteiger partial charge is 0.229 e. The van der Waals surface area contributed by atoms with Crippen LogP contribution in [0.15, 0.2) is 46.6 Å². The monoisotopic (exact) mass is 439 g/mol. The third-order valence-electron chi connectivity index (χ3n) is 6.35. The number of allylic oxidation sites excluding steroid dienone is 2. The van der Waals surface area contributed by atoms with Crippen molar-refractivity contribution < 1.29 is 14.3 Å². The van der Waals surface area contributed by atoms with E-state index in [0.717, 1.165) is 22.2 Å². The summed E-state index contributed by atoms with van der Waals surface area (Å²) in [4.78, 5) is 14.0. The maximum atomic E-state index is 12.8. The quantitative estimate of drug-likeness (QED) is 0.658. The van der Waals surface area contributed by atoms with E-state index in [1.807, 2.05) is 30.8 Å². The number of amides is 1. The molecule has 0 radical (unpaired) electrons. The van der Waals surface area contributed by atoms with Gasteiger partial charge in [-0.3, -0.25) is 9.89 Å². The van der Waals surface area contributed by atoms with Gasteiger partial charge in [-0.15, -0.1) is 11.8 Å². The van der Waals surface area contributed by atoms with Gasteiger partial charge >= 0.3 is 0 Å². The van der Waals surface area contributed by atoms with Crippen molar-refractivity contribution in [2.24, 2.45) is 0 Å².